The van der Waals surface area contributed by atoms with Gasteiger partial charge in [-0.05, 0) is 37.5 Å². The molecule has 9 nitrogen and oxygen atoms in total. The van der Waals surface area contributed by atoms with Gasteiger partial charge >= 0.3 is 6.03 Å². The normalized spacial score (nSPS) is 22.0. The van der Waals surface area contributed by atoms with E-state index in [1.165, 1.54) is 6.07 Å². The number of rotatable bonds is 5. The molecule has 1 aromatic rings. The largest absolute Gasteiger partial charge is 0.337 e. The van der Waals surface area contributed by atoms with Crippen LogP contribution >= 0.6 is 0 Å². The summed E-state index contributed by atoms with van der Waals surface area (Å²) in [5, 5.41) is 2.48. The van der Waals surface area contributed by atoms with Crippen LogP contribution in [0.1, 0.15) is 37.7 Å². The molecule has 4 amide bonds. The van der Waals surface area contributed by atoms with E-state index in [4.69, 9.17) is 0 Å². The number of carbonyl (C=O) groups excluding carboxylic acids is 3. The van der Waals surface area contributed by atoms with Crippen LogP contribution in [0.3, 0.4) is 0 Å². The monoisotopic (exact) mass is 434 g/mol. The summed E-state index contributed by atoms with van der Waals surface area (Å²) >= 11 is 0. The van der Waals surface area contributed by atoms with E-state index < -0.39 is 21.6 Å². The molecule has 2 heterocycles. The topological polar surface area (TPSA) is 116 Å². The van der Waals surface area contributed by atoms with E-state index >= 15 is 0 Å². The Morgan fingerprint density at radius 1 is 1.17 bits per heavy atom. The molecule has 0 unspecified atom stereocenters. The highest BCUT2D eigenvalue weighted by molar-refractivity contribution is 7.89. The van der Waals surface area contributed by atoms with E-state index in [1.807, 2.05) is 13.0 Å². The zero-order valence-corrected chi connectivity index (χ0v) is 17.7. The summed E-state index contributed by atoms with van der Waals surface area (Å²) < 4.78 is 28.9. The first-order valence-electron chi connectivity index (χ1n) is 10.2. The molecule has 0 atom stereocenters. The summed E-state index contributed by atoms with van der Waals surface area (Å²) in [6, 6.07) is 5.80. The van der Waals surface area contributed by atoms with Gasteiger partial charge in [0.1, 0.15) is 5.54 Å². The van der Waals surface area contributed by atoms with Crippen molar-refractivity contribution in [2.75, 3.05) is 19.6 Å². The average molecular weight is 435 g/mol. The quantitative estimate of drug-likeness (QED) is 0.663. The van der Waals surface area contributed by atoms with Crippen LogP contribution in [-0.2, 0) is 19.6 Å². The molecule has 2 saturated heterocycles. The number of urea groups is 1. The Labute approximate surface area is 175 Å². The molecule has 3 aliphatic rings. The molecular formula is C20H26N4O5S. The number of likely N-dealkylation sites (tertiary alicyclic amines) is 1. The van der Waals surface area contributed by atoms with E-state index in [0.29, 0.717) is 12.8 Å². The second kappa shape index (κ2) is 7.66. The maximum absolute atomic E-state index is 13.4. The van der Waals surface area contributed by atoms with Gasteiger partial charge in [-0.25, -0.2) is 13.2 Å². The van der Waals surface area contributed by atoms with Gasteiger partial charge in [0, 0.05) is 13.1 Å². The van der Waals surface area contributed by atoms with Crippen molar-refractivity contribution in [3.05, 3.63) is 29.8 Å². The predicted molar refractivity (Wildman–Crippen MR) is 108 cm³/mol. The molecule has 2 aliphatic heterocycles. The highest BCUT2D eigenvalue weighted by Gasteiger charge is 2.50. The third-order valence-electron chi connectivity index (χ3n) is 6.14. The molecule has 0 spiro atoms. The number of nitrogens with one attached hydrogen (secondary N) is 2. The number of benzene rings is 1. The van der Waals surface area contributed by atoms with Crippen molar-refractivity contribution in [1.82, 2.24) is 19.8 Å². The third-order valence-corrected chi connectivity index (χ3v) is 7.67. The summed E-state index contributed by atoms with van der Waals surface area (Å²) in [4.78, 5) is 40.0. The molecule has 2 N–H and O–H groups in total. The van der Waals surface area contributed by atoms with Gasteiger partial charge in [0.15, 0.2) is 0 Å². The van der Waals surface area contributed by atoms with Crippen LogP contribution in [0.5, 0.6) is 0 Å². The van der Waals surface area contributed by atoms with Crippen LogP contribution in [0.4, 0.5) is 4.79 Å². The average Bonchev–Trinajstić information content (AvgIpc) is 3.00. The fourth-order valence-electron chi connectivity index (χ4n) is 4.50. The molecule has 0 radical (unpaired) electrons. The van der Waals surface area contributed by atoms with E-state index in [0.717, 1.165) is 29.7 Å². The first-order chi connectivity index (χ1) is 14.2. The standard InChI is InChI=1S/C20H26N4O5S/c1-14-6-5-7-16(10-14)30(28,29)22-20(8-3-2-4-9-20)18(26)23-12-15(13-23)24-17(25)11-21-19(24)27/h5-7,10,15,22H,2-4,8-9,11-13H2,1H3,(H,21,27). The highest BCUT2D eigenvalue weighted by atomic mass is 32.2. The Morgan fingerprint density at radius 3 is 2.47 bits per heavy atom. The first-order valence-corrected chi connectivity index (χ1v) is 11.7. The number of amides is 4. The zero-order chi connectivity index (χ0) is 21.5. The maximum atomic E-state index is 13.4. The summed E-state index contributed by atoms with van der Waals surface area (Å²) in [5.74, 6) is -0.577. The lowest BCUT2D eigenvalue weighted by atomic mass is 9.80. The number of sulfonamides is 1. The molecule has 1 saturated carbocycles. The van der Waals surface area contributed by atoms with Crippen LogP contribution in [0.25, 0.3) is 0 Å². The Morgan fingerprint density at radius 2 is 1.87 bits per heavy atom. The molecule has 0 bridgehead atoms. The summed E-state index contributed by atoms with van der Waals surface area (Å²) in [5.41, 5.74) is -0.371. The van der Waals surface area contributed by atoms with E-state index in [-0.39, 0.29) is 42.4 Å². The smallest absolute Gasteiger partial charge is 0.324 e. The van der Waals surface area contributed by atoms with Gasteiger partial charge in [-0.15, -0.1) is 0 Å². The minimum Gasteiger partial charge on any atom is -0.337 e. The van der Waals surface area contributed by atoms with E-state index in [9.17, 15) is 22.8 Å². The molecule has 3 fully saturated rings. The fraction of sp³-hybridized carbons (Fsp3) is 0.550. The van der Waals surface area contributed by atoms with Gasteiger partial charge < -0.3 is 10.2 Å². The van der Waals surface area contributed by atoms with E-state index in [1.54, 1.807) is 17.0 Å². The Kier molecular flexibility index (Phi) is 5.31. The van der Waals surface area contributed by atoms with Crippen LogP contribution in [-0.4, -0.2) is 67.3 Å². The molecule has 1 aromatic carbocycles. The Hall–Kier alpha value is -2.46. The lowest BCUT2D eigenvalue weighted by molar-refractivity contribution is -0.148. The van der Waals surface area contributed by atoms with Crippen molar-refractivity contribution < 1.29 is 22.8 Å². The molecule has 1 aliphatic carbocycles. The zero-order valence-electron chi connectivity index (χ0n) is 16.9. The molecule has 162 valence electrons. The van der Waals surface area contributed by atoms with Gasteiger partial charge in [-0.1, -0.05) is 31.4 Å². The van der Waals surface area contributed by atoms with Crippen LogP contribution in [0.15, 0.2) is 29.2 Å². The van der Waals surface area contributed by atoms with Crippen LogP contribution < -0.4 is 10.0 Å². The van der Waals surface area contributed by atoms with Crippen LogP contribution in [0, 0.1) is 6.92 Å². The van der Waals surface area contributed by atoms with Gasteiger partial charge in [-0.3, -0.25) is 14.5 Å². The molecule has 4 rings (SSSR count). The number of hydrogen-bond donors (Lipinski definition) is 2. The summed E-state index contributed by atoms with van der Waals surface area (Å²) in [6.07, 6.45) is 3.33. The number of imide groups is 1. The Bertz CT molecular complexity index is 965. The minimum absolute atomic E-state index is 0.0243. The fourth-order valence-corrected chi connectivity index (χ4v) is 6.03. The highest BCUT2D eigenvalue weighted by Crippen LogP contribution is 2.34. The lowest BCUT2D eigenvalue weighted by Gasteiger charge is -2.47. The molecular weight excluding hydrogens is 408 g/mol. The first kappa shape index (κ1) is 20.8. The van der Waals surface area contributed by atoms with Crippen molar-refractivity contribution in [3.8, 4) is 0 Å². The van der Waals surface area contributed by atoms with Gasteiger partial charge in [0.25, 0.3) is 0 Å². The Balaban J connectivity index is 1.52. The van der Waals surface area contributed by atoms with Gasteiger partial charge in [-0.2, -0.15) is 4.72 Å². The third kappa shape index (κ3) is 3.69. The maximum Gasteiger partial charge on any atom is 0.324 e. The van der Waals surface area contributed by atoms with Crippen molar-refractivity contribution in [2.45, 2.75) is 55.5 Å². The second-order valence-corrected chi connectivity index (χ2v) is 10.0. The molecule has 10 heteroatoms. The second-order valence-electron chi connectivity index (χ2n) is 8.35. The molecule has 0 aromatic heterocycles. The van der Waals surface area contributed by atoms with Crippen molar-refractivity contribution in [1.29, 1.82) is 0 Å². The predicted octanol–water partition coefficient (Wildman–Crippen LogP) is 0.739. The summed E-state index contributed by atoms with van der Waals surface area (Å²) in [6.45, 7) is 2.25. The van der Waals surface area contributed by atoms with Crippen molar-refractivity contribution in [2.24, 2.45) is 0 Å². The van der Waals surface area contributed by atoms with Gasteiger partial charge in [0.05, 0.1) is 17.5 Å². The lowest BCUT2D eigenvalue weighted by Crippen LogP contribution is -2.69. The SMILES string of the molecule is Cc1cccc(S(=O)(=O)NC2(C(=O)N3CC(N4C(=O)CNC4=O)C3)CCCCC2)c1. The minimum atomic E-state index is -3.88. The van der Waals surface area contributed by atoms with Crippen LogP contribution in [0.2, 0.25) is 0 Å². The number of aryl methyl sites for hydroxylation is 1. The van der Waals surface area contributed by atoms with E-state index in [2.05, 4.69) is 10.0 Å². The van der Waals surface area contributed by atoms with Crippen molar-refractivity contribution in [3.63, 3.8) is 0 Å². The van der Waals surface area contributed by atoms with Crippen molar-refractivity contribution >= 4 is 27.9 Å². The molecule has 30 heavy (non-hydrogen) atoms. The summed E-state index contributed by atoms with van der Waals surface area (Å²) in [7, 11) is -3.88. The number of nitrogens with zero attached hydrogens (tertiary/aromatic N) is 2. The number of hydrogen-bond acceptors (Lipinski definition) is 5. The van der Waals surface area contributed by atoms with Gasteiger partial charge in [0.2, 0.25) is 21.8 Å². The number of carbonyl (C=O) groups is 3.